The minimum atomic E-state index is -0.453. The zero-order valence-electron chi connectivity index (χ0n) is 24.6. The molecule has 0 amide bonds. The van der Waals surface area contributed by atoms with Crippen molar-refractivity contribution in [2.24, 2.45) is 0 Å². The molecule has 2 aromatic rings. The maximum atomic E-state index is 14.4. The van der Waals surface area contributed by atoms with Gasteiger partial charge in [-0.1, -0.05) is 73.8 Å². The van der Waals surface area contributed by atoms with Gasteiger partial charge >= 0.3 is 0 Å². The summed E-state index contributed by atoms with van der Waals surface area (Å²) in [5.41, 5.74) is 6.70. The molecule has 220 valence electrons. The van der Waals surface area contributed by atoms with E-state index in [1.54, 1.807) is 6.07 Å². The van der Waals surface area contributed by atoms with Gasteiger partial charge in [-0.2, -0.15) is 0 Å². The van der Waals surface area contributed by atoms with Crippen LogP contribution < -0.4 is 5.32 Å². The lowest BCUT2D eigenvalue weighted by Gasteiger charge is -2.44. The number of rotatable bonds is 8. The van der Waals surface area contributed by atoms with E-state index < -0.39 is 5.82 Å². The van der Waals surface area contributed by atoms with Crippen molar-refractivity contribution < 1.29 is 4.39 Å². The van der Waals surface area contributed by atoms with Crippen LogP contribution in [0.1, 0.15) is 37.3 Å². The maximum absolute atomic E-state index is 14.4. The Morgan fingerprint density at radius 2 is 1.76 bits per heavy atom. The first-order chi connectivity index (χ1) is 20.1. The first-order valence-corrected chi connectivity index (χ1v) is 15.0. The maximum Gasteiger partial charge on any atom is 0.142 e. The first kappa shape index (κ1) is 29.6. The lowest BCUT2D eigenvalue weighted by molar-refractivity contribution is 0.152. The Hall–Kier alpha value is -3.90. The summed E-state index contributed by atoms with van der Waals surface area (Å²) in [6, 6.07) is 13.8. The molecule has 3 aliphatic heterocycles. The van der Waals surface area contributed by atoms with Gasteiger partial charge in [0, 0.05) is 66.6 Å². The zero-order chi connectivity index (χ0) is 30.0. The monoisotopic (exact) mass is 585 g/mol. The van der Waals surface area contributed by atoms with Gasteiger partial charge in [0.05, 0.1) is 17.4 Å². The molecule has 3 heterocycles. The van der Waals surface area contributed by atoms with Gasteiger partial charge in [0.15, 0.2) is 0 Å². The van der Waals surface area contributed by atoms with Crippen LogP contribution in [0.15, 0.2) is 110 Å². The predicted octanol–water partition coefficient (Wildman–Crippen LogP) is 7.81. The zero-order valence-corrected chi connectivity index (χ0v) is 25.4. The fraction of sp³-hybridized carbons (Fsp3) is 0.314. The van der Waals surface area contributed by atoms with Crippen LogP contribution >= 0.6 is 11.6 Å². The second-order valence-corrected chi connectivity index (χ2v) is 11.8. The quantitative estimate of drug-likeness (QED) is 0.319. The van der Waals surface area contributed by atoms with Gasteiger partial charge < -0.3 is 24.9 Å². The number of anilines is 1. The van der Waals surface area contributed by atoms with E-state index in [0.717, 1.165) is 85.2 Å². The third kappa shape index (κ3) is 6.14. The van der Waals surface area contributed by atoms with Crippen molar-refractivity contribution in [2.45, 2.75) is 38.6 Å². The fourth-order valence-electron chi connectivity index (χ4n) is 6.06. The van der Waals surface area contributed by atoms with Crippen molar-refractivity contribution in [1.82, 2.24) is 19.6 Å². The average Bonchev–Trinajstić information content (AvgIpc) is 3.14. The molecule has 7 heteroatoms. The molecule has 3 aliphatic rings. The molecule has 42 heavy (non-hydrogen) atoms. The summed E-state index contributed by atoms with van der Waals surface area (Å²) in [6.07, 6.45) is 5.82. The summed E-state index contributed by atoms with van der Waals surface area (Å²) in [7, 11) is 0. The van der Waals surface area contributed by atoms with E-state index in [4.69, 9.17) is 11.6 Å². The van der Waals surface area contributed by atoms with Gasteiger partial charge in [-0.3, -0.25) is 0 Å². The Balaban J connectivity index is 1.28. The number of likely N-dealkylation sites (tertiary alicyclic amines) is 1. The number of hydrogen-bond acceptors (Lipinski definition) is 5. The molecular weight excluding hydrogens is 545 g/mol. The van der Waals surface area contributed by atoms with Crippen LogP contribution in [0.3, 0.4) is 0 Å². The molecular formula is C35H41ClFN5. The predicted molar refractivity (Wildman–Crippen MR) is 174 cm³/mol. The van der Waals surface area contributed by atoms with Crippen LogP contribution in [0, 0.1) is 5.82 Å². The number of nitrogens with one attached hydrogen (secondary N) is 1. The molecule has 5 nitrogen and oxygen atoms in total. The van der Waals surface area contributed by atoms with Gasteiger partial charge in [-0.05, 0) is 50.3 Å². The number of benzene rings is 2. The van der Waals surface area contributed by atoms with Gasteiger partial charge in [0.1, 0.15) is 11.6 Å². The molecule has 1 saturated heterocycles. The van der Waals surface area contributed by atoms with Crippen LogP contribution in [-0.2, 0) is 6.42 Å². The van der Waals surface area contributed by atoms with E-state index in [-0.39, 0.29) is 5.02 Å². The molecule has 0 spiro atoms. The lowest BCUT2D eigenvalue weighted by Crippen LogP contribution is -2.46. The second kappa shape index (κ2) is 12.5. The van der Waals surface area contributed by atoms with E-state index in [9.17, 15) is 4.39 Å². The molecule has 5 rings (SSSR count). The minimum Gasteiger partial charge on any atom is -0.374 e. The van der Waals surface area contributed by atoms with E-state index in [1.807, 2.05) is 19.2 Å². The van der Waals surface area contributed by atoms with Crippen molar-refractivity contribution in [3.05, 3.63) is 132 Å². The topological polar surface area (TPSA) is 25.0 Å². The summed E-state index contributed by atoms with van der Waals surface area (Å²) < 4.78 is 14.4. The lowest BCUT2D eigenvalue weighted by atomic mass is 10.00. The standard InChI is InChI=1S/C35H41ClFN5/c1-24(2)14-20-41-26(4)32(31-11-9-12-33(37)35(31)36)23-40(28(41)6)22-25(3)39-18-16-30(17-19-39)42-21-15-29-10-7-8-13-34(29)38-27(42)5/h7-13,23,30,38H,1,3-6,14-22H2,2H3. The number of piperidine rings is 1. The molecule has 0 atom stereocenters. The molecule has 0 bridgehead atoms. The summed E-state index contributed by atoms with van der Waals surface area (Å²) in [4.78, 5) is 8.96. The Bertz CT molecular complexity index is 1450. The van der Waals surface area contributed by atoms with E-state index in [0.29, 0.717) is 24.7 Å². The van der Waals surface area contributed by atoms with Crippen molar-refractivity contribution in [3.8, 4) is 0 Å². The largest absolute Gasteiger partial charge is 0.374 e. The van der Waals surface area contributed by atoms with Crippen molar-refractivity contribution in [2.75, 3.05) is 38.0 Å². The minimum absolute atomic E-state index is 0.0887. The highest BCUT2D eigenvalue weighted by molar-refractivity contribution is 6.32. The number of halogens is 2. The number of nitrogens with zero attached hydrogens (tertiary/aromatic N) is 4. The summed E-state index contributed by atoms with van der Waals surface area (Å²) in [6.45, 7) is 27.7. The number of allylic oxidation sites excluding steroid dienone is 1. The molecule has 0 radical (unpaired) electrons. The fourth-order valence-corrected chi connectivity index (χ4v) is 6.29. The SMILES string of the molecule is C=C(C)CCN1C(=C)C(c2cccc(F)c2Cl)=CN(CC(=C)N2CCC(N3CCc4ccccc4NC3=C)CC2)C1=C. The molecule has 0 aliphatic carbocycles. The number of para-hydroxylation sites is 1. The van der Waals surface area contributed by atoms with Crippen molar-refractivity contribution in [3.63, 3.8) is 0 Å². The smallest absolute Gasteiger partial charge is 0.142 e. The van der Waals surface area contributed by atoms with Gasteiger partial charge in [-0.25, -0.2) is 4.39 Å². The molecule has 2 aromatic carbocycles. The highest BCUT2D eigenvalue weighted by atomic mass is 35.5. The second-order valence-electron chi connectivity index (χ2n) is 11.5. The van der Waals surface area contributed by atoms with E-state index in [2.05, 4.69) is 82.1 Å². The Labute approximate surface area is 255 Å². The molecule has 1 N–H and O–H groups in total. The van der Waals surface area contributed by atoms with Gasteiger partial charge in [0.25, 0.3) is 0 Å². The normalized spacial score (nSPS) is 18.0. The summed E-state index contributed by atoms with van der Waals surface area (Å²) in [5.74, 6) is 1.33. The highest BCUT2D eigenvalue weighted by Gasteiger charge is 2.31. The third-order valence-electron chi connectivity index (χ3n) is 8.54. The highest BCUT2D eigenvalue weighted by Crippen LogP contribution is 2.38. The van der Waals surface area contributed by atoms with Crippen molar-refractivity contribution in [1.29, 1.82) is 0 Å². The Morgan fingerprint density at radius 3 is 2.50 bits per heavy atom. The van der Waals surface area contributed by atoms with Crippen LogP contribution in [0.25, 0.3) is 5.57 Å². The van der Waals surface area contributed by atoms with Gasteiger partial charge in [0.2, 0.25) is 0 Å². The molecule has 0 saturated carbocycles. The number of hydrogen-bond donors (Lipinski definition) is 1. The van der Waals surface area contributed by atoms with Gasteiger partial charge in [-0.15, -0.1) is 6.58 Å². The molecule has 0 aromatic heterocycles. The third-order valence-corrected chi connectivity index (χ3v) is 8.92. The Morgan fingerprint density at radius 1 is 1.02 bits per heavy atom. The molecule has 0 unspecified atom stereocenters. The first-order valence-electron chi connectivity index (χ1n) is 14.6. The summed E-state index contributed by atoms with van der Waals surface area (Å²) in [5, 5.41) is 3.63. The Kier molecular flexibility index (Phi) is 8.83. The van der Waals surface area contributed by atoms with Crippen molar-refractivity contribution >= 4 is 22.9 Å². The van der Waals surface area contributed by atoms with E-state index >= 15 is 0 Å². The van der Waals surface area contributed by atoms with E-state index in [1.165, 1.54) is 11.6 Å². The average molecular weight is 586 g/mol. The number of fused-ring (bicyclic) bond motifs is 1. The molecule has 1 fully saturated rings. The van der Waals surface area contributed by atoms with Crippen LogP contribution in [0.4, 0.5) is 10.1 Å². The van der Waals surface area contributed by atoms with Crippen LogP contribution in [-0.4, -0.2) is 58.4 Å². The van der Waals surface area contributed by atoms with Crippen LogP contribution in [0.5, 0.6) is 0 Å². The van der Waals surface area contributed by atoms with Crippen LogP contribution in [0.2, 0.25) is 5.02 Å². The summed E-state index contributed by atoms with van der Waals surface area (Å²) >= 11 is 6.43.